The number of hydrogen-bond acceptors (Lipinski definition) is 3. The van der Waals surface area contributed by atoms with E-state index in [2.05, 4.69) is 37.0 Å². The Morgan fingerprint density at radius 2 is 1.95 bits per heavy atom. The predicted molar refractivity (Wildman–Crippen MR) is 92.0 cm³/mol. The molecule has 0 radical (unpaired) electrons. The van der Waals surface area contributed by atoms with Gasteiger partial charge in [0.25, 0.3) is 0 Å². The number of aryl methyl sites for hydroxylation is 2. The van der Waals surface area contributed by atoms with E-state index in [-0.39, 0.29) is 11.3 Å². The number of nitrogens with two attached hydrogens (primary N) is 1. The minimum absolute atomic E-state index is 0.0394. The predicted octanol–water partition coefficient (Wildman–Crippen LogP) is 4.92. The highest BCUT2D eigenvalue weighted by atomic mass is 35.5. The van der Waals surface area contributed by atoms with Crippen LogP contribution in [0.2, 0.25) is 5.02 Å². The highest BCUT2D eigenvalue weighted by Gasteiger charge is 2.22. The number of thioether (sulfide) groups is 1. The maximum atomic E-state index is 6.36. The molecule has 2 nitrogen and oxygen atoms in total. The lowest BCUT2D eigenvalue weighted by Crippen LogP contribution is -2.26. The summed E-state index contributed by atoms with van der Waals surface area (Å²) in [6.45, 7) is 6.20. The Hall–Kier alpha value is -1.03. The van der Waals surface area contributed by atoms with Gasteiger partial charge in [-0.15, -0.1) is 0 Å². The first-order chi connectivity index (χ1) is 10.0. The third kappa shape index (κ3) is 4.22. The molecule has 0 aliphatic rings. The van der Waals surface area contributed by atoms with Crippen molar-refractivity contribution in [1.29, 1.82) is 0 Å². The third-order valence-corrected chi connectivity index (χ3v) is 5.05. The fourth-order valence-electron chi connectivity index (χ4n) is 2.30. The zero-order valence-electron chi connectivity index (χ0n) is 12.6. The molecule has 21 heavy (non-hydrogen) atoms. The molecule has 1 aromatic carbocycles. The Labute approximate surface area is 136 Å². The number of halogens is 1. The molecule has 2 N–H and O–H groups in total. The van der Waals surface area contributed by atoms with Crippen LogP contribution in [0.25, 0.3) is 0 Å². The molecule has 0 saturated heterocycles. The lowest BCUT2D eigenvalue weighted by Gasteiger charge is -2.23. The summed E-state index contributed by atoms with van der Waals surface area (Å²) in [7, 11) is 0. The normalized spacial score (nSPS) is 14.0. The maximum absolute atomic E-state index is 6.36. The fraction of sp³-hybridized carbons (Fsp3) is 0.353. The molecule has 2 aromatic rings. The van der Waals surface area contributed by atoms with E-state index in [0.717, 1.165) is 27.7 Å². The van der Waals surface area contributed by atoms with Gasteiger partial charge in [-0.3, -0.25) is 0 Å². The standard InChI is InChI=1S/C17H21ClN2S/c1-4-15(19)17(13-7-5-6-8-14(13)18)21-16-10-11(2)9-12(3)20-16/h5-10,15,17H,4,19H2,1-3H3. The molecular weight excluding hydrogens is 300 g/mol. The fourth-order valence-corrected chi connectivity index (χ4v) is 4.02. The van der Waals surface area contributed by atoms with E-state index in [1.807, 2.05) is 25.1 Å². The molecule has 2 unspecified atom stereocenters. The molecule has 0 saturated carbocycles. The second-order valence-corrected chi connectivity index (χ2v) is 6.83. The molecule has 0 aliphatic carbocycles. The summed E-state index contributed by atoms with van der Waals surface area (Å²) in [5.74, 6) is 0. The van der Waals surface area contributed by atoms with Crippen molar-refractivity contribution in [3.63, 3.8) is 0 Å². The SMILES string of the molecule is CCC(N)C(Sc1cc(C)cc(C)n1)c1ccccc1Cl. The summed E-state index contributed by atoms with van der Waals surface area (Å²) < 4.78 is 0. The first kappa shape index (κ1) is 16.3. The summed E-state index contributed by atoms with van der Waals surface area (Å²) in [6.07, 6.45) is 0.897. The molecule has 0 aliphatic heterocycles. The van der Waals surface area contributed by atoms with Crippen molar-refractivity contribution in [2.45, 2.75) is 43.5 Å². The Morgan fingerprint density at radius 1 is 1.24 bits per heavy atom. The number of rotatable bonds is 5. The Balaban J connectivity index is 2.35. The molecule has 2 rings (SSSR count). The average Bonchev–Trinajstić information content (AvgIpc) is 2.44. The second-order valence-electron chi connectivity index (χ2n) is 5.26. The van der Waals surface area contributed by atoms with E-state index in [1.165, 1.54) is 5.56 Å². The van der Waals surface area contributed by atoms with E-state index in [0.29, 0.717) is 0 Å². The molecule has 0 spiro atoms. The summed E-state index contributed by atoms with van der Waals surface area (Å²) >= 11 is 8.06. The lowest BCUT2D eigenvalue weighted by molar-refractivity contribution is 0.633. The smallest absolute Gasteiger partial charge is 0.0972 e. The average molecular weight is 321 g/mol. The van der Waals surface area contributed by atoms with E-state index in [1.54, 1.807) is 11.8 Å². The number of aromatic nitrogens is 1. The van der Waals surface area contributed by atoms with Gasteiger partial charge in [0.2, 0.25) is 0 Å². The van der Waals surface area contributed by atoms with Crippen LogP contribution in [0.4, 0.5) is 0 Å². The Kier molecular flexibility index (Phi) is 5.68. The first-order valence-electron chi connectivity index (χ1n) is 7.13. The number of benzene rings is 1. The maximum Gasteiger partial charge on any atom is 0.0972 e. The van der Waals surface area contributed by atoms with Gasteiger partial charge < -0.3 is 5.73 Å². The van der Waals surface area contributed by atoms with Crippen molar-refractivity contribution in [2.75, 3.05) is 0 Å². The van der Waals surface area contributed by atoms with Crippen molar-refractivity contribution < 1.29 is 0 Å². The van der Waals surface area contributed by atoms with Gasteiger partial charge in [0, 0.05) is 16.8 Å². The van der Waals surface area contributed by atoms with Crippen LogP contribution in [0, 0.1) is 13.8 Å². The van der Waals surface area contributed by atoms with Crippen LogP contribution >= 0.6 is 23.4 Å². The van der Waals surface area contributed by atoms with Gasteiger partial charge in [-0.1, -0.05) is 48.5 Å². The molecule has 4 heteroatoms. The van der Waals surface area contributed by atoms with Gasteiger partial charge in [0.15, 0.2) is 0 Å². The van der Waals surface area contributed by atoms with Crippen LogP contribution in [0.3, 0.4) is 0 Å². The highest BCUT2D eigenvalue weighted by Crippen LogP contribution is 2.40. The van der Waals surface area contributed by atoms with E-state index < -0.39 is 0 Å². The van der Waals surface area contributed by atoms with Crippen molar-refractivity contribution >= 4 is 23.4 Å². The Morgan fingerprint density at radius 3 is 2.57 bits per heavy atom. The van der Waals surface area contributed by atoms with Crippen LogP contribution in [0.1, 0.15) is 35.4 Å². The third-order valence-electron chi connectivity index (χ3n) is 3.39. The van der Waals surface area contributed by atoms with Crippen LogP contribution in [0.15, 0.2) is 41.4 Å². The summed E-state index contributed by atoms with van der Waals surface area (Å²) in [5.41, 5.74) is 9.66. The minimum Gasteiger partial charge on any atom is -0.326 e. The van der Waals surface area contributed by atoms with Crippen molar-refractivity contribution in [3.8, 4) is 0 Å². The largest absolute Gasteiger partial charge is 0.326 e. The van der Waals surface area contributed by atoms with Crippen molar-refractivity contribution in [1.82, 2.24) is 4.98 Å². The number of hydrogen-bond donors (Lipinski definition) is 1. The molecule has 0 fully saturated rings. The molecular formula is C17H21ClN2S. The monoisotopic (exact) mass is 320 g/mol. The zero-order chi connectivity index (χ0) is 15.4. The summed E-state index contributed by atoms with van der Waals surface area (Å²) in [6, 6.07) is 12.1. The van der Waals surface area contributed by atoms with Crippen molar-refractivity contribution in [2.24, 2.45) is 5.73 Å². The molecule has 0 amide bonds. The van der Waals surface area contributed by atoms with Gasteiger partial charge >= 0.3 is 0 Å². The molecule has 1 heterocycles. The van der Waals surface area contributed by atoms with E-state index >= 15 is 0 Å². The number of nitrogens with zero attached hydrogens (tertiary/aromatic N) is 1. The molecule has 0 bridgehead atoms. The zero-order valence-corrected chi connectivity index (χ0v) is 14.2. The minimum atomic E-state index is 0.0394. The second kappa shape index (κ2) is 7.30. The van der Waals surface area contributed by atoms with Gasteiger partial charge in [-0.25, -0.2) is 4.98 Å². The summed E-state index contributed by atoms with van der Waals surface area (Å²) in [5, 5.41) is 1.88. The molecule has 112 valence electrons. The van der Waals surface area contributed by atoms with Gasteiger partial charge in [0.1, 0.15) is 0 Å². The topological polar surface area (TPSA) is 38.9 Å². The van der Waals surface area contributed by atoms with Crippen LogP contribution < -0.4 is 5.73 Å². The molecule has 1 aromatic heterocycles. The highest BCUT2D eigenvalue weighted by molar-refractivity contribution is 7.99. The number of pyridine rings is 1. The Bertz CT molecular complexity index is 595. The van der Waals surface area contributed by atoms with Crippen LogP contribution in [-0.2, 0) is 0 Å². The first-order valence-corrected chi connectivity index (χ1v) is 8.39. The van der Waals surface area contributed by atoms with E-state index in [4.69, 9.17) is 17.3 Å². The van der Waals surface area contributed by atoms with Gasteiger partial charge in [-0.05, 0) is 49.6 Å². The van der Waals surface area contributed by atoms with E-state index in [9.17, 15) is 0 Å². The lowest BCUT2D eigenvalue weighted by atomic mass is 10.0. The van der Waals surface area contributed by atoms with Crippen molar-refractivity contribution in [3.05, 3.63) is 58.2 Å². The summed E-state index contributed by atoms with van der Waals surface area (Å²) in [4.78, 5) is 4.61. The van der Waals surface area contributed by atoms with Gasteiger partial charge in [0.05, 0.1) is 10.3 Å². The van der Waals surface area contributed by atoms with Crippen LogP contribution in [-0.4, -0.2) is 11.0 Å². The molecule has 2 atom stereocenters. The van der Waals surface area contributed by atoms with Crippen LogP contribution in [0.5, 0.6) is 0 Å². The quantitative estimate of drug-likeness (QED) is 0.794. The van der Waals surface area contributed by atoms with Gasteiger partial charge in [-0.2, -0.15) is 0 Å².